The van der Waals surface area contributed by atoms with E-state index in [0.29, 0.717) is 11.5 Å². The second-order valence-corrected chi connectivity index (χ2v) is 3.22. The zero-order valence-electron chi connectivity index (χ0n) is 9.11. The Morgan fingerprint density at radius 3 is 1.53 bits per heavy atom. The van der Waals surface area contributed by atoms with Crippen LogP contribution in [-0.2, 0) is 0 Å². The molecule has 0 bridgehead atoms. The number of benzene rings is 2. The first-order chi connectivity index (χ1) is 8.38. The third-order valence-corrected chi connectivity index (χ3v) is 1.98. The van der Waals surface area contributed by atoms with Crippen LogP contribution in [0.2, 0.25) is 0 Å². The third-order valence-electron chi connectivity index (χ3n) is 1.98. The quantitative estimate of drug-likeness (QED) is 0.486. The summed E-state index contributed by atoms with van der Waals surface area (Å²) in [5.74, 6) is 1.21. The first kappa shape index (κ1) is 11.0. The lowest BCUT2D eigenvalue weighted by Crippen LogP contribution is -2.29. The standard InChI is InChI=1S/C13H12N2O2/c14-11-15(16-12-7-3-1-4-8-12)17-13-9-5-2-6-10-13/h1-11,14H. The monoisotopic (exact) mass is 228 g/mol. The molecule has 0 spiro atoms. The molecule has 2 aromatic carbocycles. The highest BCUT2D eigenvalue weighted by Gasteiger charge is 2.03. The smallest absolute Gasteiger partial charge is 0.162 e. The Hall–Kier alpha value is -2.49. The van der Waals surface area contributed by atoms with E-state index in [1.165, 1.54) is 0 Å². The van der Waals surface area contributed by atoms with Crippen LogP contribution in [0.15, 0.2) is 60.7 Å². The van der Waals surface area contributed by atoms with Crippen molar-refractivity contribution in [1.29, 1.82) is 5.41 Å². The molecule has 4 nitrogen and oxygen atoms in total. The highest BCUT2D eigenvalue weighted by atomic mass is 16.9. The molecule has 0 amide bonds. The minimum absolute atomic E-state index is 0.604. The molecule has 0 aliphatic heterocycles. The van der Waals surface area contributed by atoms with Gasteiger partial charge in [-0.3, -0.25) is 5.41 Å². The summed E-state index contributed by atoms with van der Waals surface area (Å²) in [5.41, 5.74) is 0. The van der Waals surface area contributed by atoms with E-state index in [1.807, 2.05) is 36.4 Å². The second kappa shape index (κ2) is 5.55. The molecule has 17 heavy (non-hydrogen) atoms. The summed E-state index contributed by atoms with van der Waals surface area (Å²) in [4.78, 5) is 10.7. The summed E-state index contributed by atoms with van der Waals surface area (Å²) >= 11 is 0. The van der Waals surface area contributed by atoms with Gasteiger partial charge in [0.05, 0.1) is 0 Å². The topological polar surface area (TPSA) is 45.6 Å². The van der Waals surface area contributed by atoms with E-state index < -0.39 is 0 Å². The Labute approximate surface area is 99.4 Å². The van der Waals surface area contributed by atoms with Gasteiger partial charge < -0.3 is 9.68 Å². The summed E-state index contributed by atoms with van der Waals surface area (Å²) in [7, 11) is 0. The van der Waals surface area contributed by atoms with E-state index in [1.54, 1.807) is 24.3 Å². The molecular formula is C13H12N2O2. The van der Waals surface area contributed by atoms with Gasteiger partial charge in [0.1, 0.15) is 0 Å². The van der Waals surface area contributed by atoms with Crippen molar-refractivity contribution in [2.75, 3.05) is 0 Å². The van der Waals surface area contributed by atoms with Gasteiger partial charge in [-0.1, -0.05) is 36.4 Å². The molecule has 2 aromatic rings. The van der Waals surface area contributed by atoms with E-state index in [9.17, 15) is 0 Å². The maximum atomic E-state index is 7.21. The maximum Gasteiger partial charge on any atom is 0.162 e. The summed E-state index contributed by atoms with van der Waals surface area (Å²) in [5, 5.41) is 8.20. The summed E-state index contributed by atoms with van der Waals surface area (Å²) < 4.78 is 0. The molecule has 0 saturated carbocycles. The molecule has 0 unspecified atom stereocenters. The number of hydroxylamine groups is 2. The fourth-order valence-electron chi connectivity index (χ4n) is 1.24. The fraction of sp³-hybridized carbons (Fsp3) is 0. The van der Waals surface area contributed by atoms with Crippen molar-refractivity contribution in [1.82, 2.24) is 5.23 Å². The lowest BCUT2D eigenvalue weighted by Gasteiger charge is -2.18. The zero-order valence-corrected chi connectivity index (χ0v) is 9.11. The third kappa shape index (κ3) is 3.24. The average molecular weight is 228 g/mol. The molecule has 0 aliphatic carbocycles. The van der Waals surface area contributed by atoms with Gasteiger partial charge >= 0.3 is 0 Å². The van der Waals surface area contributed by atoms with Gasteiger partial charge in [-0.05, 0) is 29.5 Å². The maximum absolute atomic E-state index is 7.21. The van der Waals surface area contributed by atoms with Crippen molar-refractivity contribution in [3.05, 3.63) is 60.7 Å². The van der Waals surface area contributed by atoms with Crippen LogP contribution in [0.3, 0.4) is 0 Å². The number of hydrogen-bond donors (Lipinski definition) is 1. The normalized spacial score (nSPS) is 9.41. The van der Waals surface area contributed by atoms with E-state index in [4.69, 9.17) is 15.1 Å². The minimum Gasteiger partial charge on any atom is -0.344 e. The number of nitrogens with zero attached hydrogens (tertiary/aromatic N) is 1. The molecule has 0 atom stereocenters. The first-order valence-corrected chi connectivity index (χ1v) is 5.14. The molecule has 0 aliphatic rings. The van der Waals surface area contributed by atoms with Crippen LogP contribution in [0, 0.1) is 5.41 Å². The van der Waals surface area contributed by atoms with Crippen LogP contribution in [0.25, 0.3) is 0 Å². The van der Waals surface area contributed by atoms with Crippen LogP contribution < -0.4 is 9.68 Å². The van der Waals surface area contributed by atoms with Gasteiger partial charge in [0.25, 0.3) is 0 Å². The second-order valence-electron chi connectivity index (χ2n) is 3.22. The van der Waals surface area contributed by atoms with Crippen molar-refractivity contribution in [2.45, 2.75) is 0 Å². The molecule has 0 heterocycles. The number of para-hydroxylation sites is 2. The molecular weight excluding hydrogens is 216 g/mol. The predicted molar refractivity (Wildman–Crippen MR) is 64.8 cm³/mol. The fourth-order valence-corrected chi connectivity index (χ4v) is 1.24. The number of nitrogens with one attached hydrogen (secondary N) is 1. The highest BCUT2D eigenvalue weighted by molar-refractivity contribution is 5.48. The number of hydrogen-bond acceptors (Lipinski definition) is 3. The molecule has 0 radical (unpaired) electrons. The molecule has 0 aromatic heterocycles. The Kier molecular flexibility index (Phi) is 3.60. The molecule has 1 N–H and O–H groups in total. The molecule has 4 heteroatoms. The van der Waals surface area contributed by atoms with Gasteiger partial charge in [-0.15, -0.1) is 0 Å². The van der Waals surface area contributed by atoms with E-state index in [0.717, 1.165) is 11.6 Å². The number of rotatable bonds is 5. The SMILES string of the molecule is N=CN(Oc1ccccc1)Oc1ccccc1. The van der Waals surface area contributed by atoms with Crippen LogP contribution in [0.1, 0.15) is 0 Å². The van der Waals surface area contributed by atoms with Crippen molar-refractivity contribution in [3.8, 4) is 11.5 Å². The van der Waals surface area contributed by atoms with Gasteiger partial charge in [0.2, 0.25) is 0 Å². The minimum atomic E-state index is 0.604. The van der Waals surface area contributed by atoms with Gasteiger partial charge in [-0.25, -0.2) is 0 Å². The lowest BCUT2D eigenvalue weighted by atomic mass is 10.3. The Bertz CT molecular complexity index is 418. The van der Waals surface area contributed by atoms with Crippen LogP contribution in [-0.4, -0.2) is 11.6 Å². The van der Waals surface area contributed by atoms with Crippen LogP contribution in [0.5, 0.6) is 11.5 Å². The molecule has 86 valence electrons. The van der Waals surface area contributed by atoms with Crippen LogP contribution >= 0.6 is 0 Å². The van der Waals surface area contributed by atoms with Crippen molar-refractivity contribution < 1.29 is 9.68 Å². The Morgan fingerprint density at radius 2 is 1.18 bits per heavy atom. The van der Waals surface area contributed by atoms with Gasteiger partial charge in [0, 0.05) is 0 Å². The molecule has 0 fully saturated rings. The van der Waals surface area contributed by atoms with Gasteiger partial charge in [-0.2, -0.15) is 0 Å². The van der Waals surface area contributed by atoms with E-state index in [2.05, 4.69) is 0 Å². The molecule has 2 rings (SSSR count). The highest BCUT2D eigenvalue weighted by Crippen LogP contribution is 2.13. The van der Waals surface area contributed by atoms with Gasteiger partial charge in [0.15, 0.2) is 17.8 Å². The Morgan fingerprint density at radius 1 is 0.765 bits per heavy atom. The summed E-state index contributed by atoms with van der Waals surface area (Å²) in [6, 6.07) is 18.3. The summed E-state index contributed by atoms with van der Waals surface area (Å²) in [6.45, 7) is 0. The van der Waals surface area contributed by atoms with Crippen LogP contribution in [0.4, 0.5) is 0 Å². The van der Waals surface area contributed by atoms with E-state index in [-0.39, 0.29) is 0 Å². The predicted octanol–water partition coefficient (Wildman–Crippen LogP) is 2.88. The Balaban J connectivity index is 2.01. The first-order valence-electron chi connectivity index (χ1n) is 5.14. The van der Waals surface area contributed by atoms with Crippen molar-refractivity contribution in [2.24, 2.45) is 0 Å². The van der Waals surface area contributed by atoms with E-state index >= 15 is 0 Å². The zero-order chi connectivity index (χ0) is 11.9. The lowest BCUT2D eigenvalue weighted by molar-refractivity contribution is -0.188. The average Bonchev–Trinajstić information content (AvgIpc) is 2.40. The summed E-state index contributed by atoms with van der Waals surface area (Å²) in [6.07, 6.45) is 0.958. The van der Waals surface area contributed by atoms with Crippen molar-refractivity contribution >= 4 is 6.34 Å². The molecule has 0 saturated heterocycles. The van der Waals surface area contributed by atoms with Crippen molar-refractivity contribution in [3.63, 3.8) is 0 Å². The largest absolute Gasteiger partial charge is 0.344 e.